The molecule has 1 atom stereocenters. The van der Waals surface area contributed by atoms with Gasteiger partial charge in [-0.05, 0) is 18.6 Å². The van der Waals surface area contributed by atoms with E-state index in [9.17, 15) is 23.1 Å². The van der Waals surface area contributed by atoms with Crippen molar-refractivity contribution in [2.24, 2.45) is 5.73 Å². The van der Waals surface area contributed by atoms with Crippen LogP contribution in [0.2, 0.25) is 0 Å². The van der Waals surface area contributed by atoms with Crippen molar-refractivity contribution in [3.8, 4) is 5.75 Å². The number of hydrogen-bond donors (Lipinski definition) is 2. The number of phenolic OH excluding ortho intramolecular Hbond substituents is 1. The Labute approximate surface area is 89.7 Å². The third-order valence-electron chi connectivity index (χ3n) is 2.13. The monoisotopic (exact) mass is 233 g/mol. The Kier molecular flexibility index (Phi) is 3.23. The van der Waals surface area contributed by atoms with Crippen LogP contribution in [0.3, 0.4) is 0 Å². The van der Waals surface area contributed by atoms with Gasteiger partial charge in [-0.1, -0.05) is 6.07 Å². The Morgan fingerprint density at radius 3 is 2.44 bits per heavy atom. The first-order valence-corrected chi connectivity index (χ1v) is 4.38. The number of halogens is 3. The molecule has 1 unspecified atom stereocenters. The number of nitrogens with two attached hydrogens (primary N) is 1. The van der Waals surface area contributed by atoms with E-state index in [2.05, 4.69) is 0 Å². The van der Waals surface area contributed by atoms with Crippen LogP contribution < -0.4 is 5.73 Å². The molecule has 0 bridgehead atoms. The first-order chi connectivity index (χ1) is 7.27. The standard InChI is InChI=1S/C10H10F3NO2/c1-5-2-6(4-15)8(16)7(3-5)9(14)10(11,12)13/h2-4,9,16H,14H2,1H3. The maximum Gasteiger partial charge on any atom is 0.407 e. The Bertz CT molecular complexity index is 415. The van der Waals surface area contributed by atoms with Crippen molar-refractivity contribution in [3.05, 3.63) is 28.8 Å². The second kappa shape index (κ2) is 4.13. The highest BCUT2D eigenvalue weighted by atomic mass is 19.4. The van der Waals surface area contributed by atoms with Crippen molar-refractivity contribution in [2.75, 3.05) is 0 Å². The predicted molar refractivity (Wildman–Crippen MR) is 51.2 cm³/mol. The second-order valence-corrected chi connectivity index (χ2v) is 3.43. The van der Waals surface area contributed by atoms with E-state index in [0.717, 1.165) is 6.07 Å². The van der Waals surface area contributed by atoms with Crippen molar-refractivity contribution in [2.45, 2.75) is 19.1 Å². The zero-order valence-electron chi connectivity index (χ0n) is 8.38. The van der Waals surface area contributed by atoms with Crippen LogP contribution in [0.25, 0.3) is 0 Å². The minimum Gasteiger partial charge on any atom is -0.507 e. The number of benzene rings is 1. The maximum absolute atomic E-state index is 12.4. The number of phenols is 1. The number of carbonyl (C=O) groups is 1. The highest BCUT2D eigenvalue weighted by Gasteiger charge is 2.39. The average molecular weight is 233 g/mol. The molecule has 0 aliphatic heterocycles. The van der Waals surface area contributed by atoms with E-state index in [-0.39, 0.29) is 11.8 Å². The minimum absolute atomic E-state index is 0.199. The molecule has 1 rings (SSSR count). The molecular formula is C10H10F3NO2. The lowest BCUT2D eigenvalue weighted by Crippen LogP contribution is -2.28. The van der Waals surface area contributed by atoms with Crippen LogP contribution in [0.4, 0.5) is 13.2 Å². The molecule has 0 fully saturated rings. The predicted octanol–water partition coefficient (Wildman–Crippen LogP) is 2.08. The van der Waals surface area contributed by atoms with Crippen LogP contribution in [0.5, 0.6) is 5.75 Å². The molecule has 0 amide bonds. The van der Waals surface area contributed by atoms with E-state index in [0.29, 0.717) is 5.56 Å². The molecule has 0 spiro atoms. The summed E-state index contributed by atoms with van der Waals surface area (Å²) in [6.07, 6.45) is -4.37. The molecule has 0 aromatic heterocycles. The zero-order chi connectivity index (χ0) is 12.5. The summed E-state index contributed by atoms with van der Waals surface area (Å²) in [6, 6.07) is 0.0983. The molecule has 3 nitrogen and oxygen atoms in total. The maximum atomic E-state index is 12.4. The summed E-state index contributed by atoms with van der Waals surface area (Å²) in [4.78, 5) is 10.5. The SMILES string of the molecule is Cc1cc(C=O)c(O)c(C(N)C(F)(F)F)c1. The molecule has 3 N–H and O–H groups in total. The number of rotatable bonds is 2. The molecular weight excluding hydrogens is 223 g/mol. The highest BCUT2D eigenvalue weighted by molar-refractivity contribution is 5.80. The van der Waals surface area contributed by atoms with Crippen LogP contribution in [-0.2, 0) is 0 Å². The summed E-state index contributed by atoms with van der Waals surface area (Å²) in [6.45, 7) is 1.51. The molecule has 0 aliphatic carbocycles. The van der Waals surface area contributed by atoms with Gasteiger partial charge in [-0.25, -0.2) is 0 Å². The molecule has 0 heterocycles. The van der Waals surface area contributed by atoms with E-state index >= 15 is 0 Å². The fourth-order valence-corrected chi connectivity index (χ4v) is 1.34. The zero-order valence-corrected chi connectivity index (χ0v) is 8.38. The van der Waals surface area contributed by atoms with Gasteiger partial charge < -0.3 is 10.8 Å². The van der Waals surface area contributed by atoms with Gasteiger partial charge in [0.2, 0.25) is 0 Å². The van der Waals surface area contributed by atoms with Gasteiger partial charge in [0.1, 0.15) is 11.8 Å². The van der Waals surface area contributed by atoms with Gasteiger partial charge in [-0.2, -0.15) is 13.2 Å². The molecule has 0 radical (unpaired) electrons. The lowest BCUT2D eigenvalue weighted by molar-refractivity contribution is -0.149. The van der Waals surface area contributed by atoms with Gasteiger partial charge in [-0.3, -0.25) is 4.79 Å². The van der Waals surface area contributed by atoms with Crippen molar-refractivity contribution in [1.29, 1.82) is 0 Å². The lowest BCUT2D eigenvalue weighted by Gasteiger charge is -2.18. The first-order valence-electron chi connectivity index (χ1n) is 4.38. The fraction of sp³-hybridized carbons (Fsp3) is 0.300. The number of alkyl halides is 3. The normalized spacial score (nSPS) is 13.6. The van der Waals surface area contributed by atoms with E-state index in [1.54, 1.807) is 0 Å². The summed E-state index contributed by atoms with van der Waals surface area (Å²) in [7, 11) is 0. The number of hydrogen-bond acceptors (Lipinski definition) is 3. The largest absolute Gasteiger partial charge is 0.507 e. The van der Waals surface area contributed by atoms with Gasteiger partial charge in [0.25, 0.3) is 0 Å². The van der Waals surface area contributed by atoms with Crippen LogP contribution in [0, 0.1) is 6.92 Å². The van der Waals surface area contributed by atoms with Gasteiger partial charge in [0.15, 0.2) is 6.29 Å². The van der Waals surface area contributed by atoms with Crippen LogP contribution in [0.1, 0.15) is 27.5 Å². The smallest absolute Gasteiger partial charge is 0.407 e. The lowest BCUT2D eigenvalue weighted by atomic mass is 10.00. The van der Waals surface area contributed by atoms with Crippen LogP contribution in [0.15, 0.2) is 12.1 Å². The van der Waals surface area contributed by atoms with E-state index < -0.39 is 23.5 Å². The Morgan fingerprint density at radius 1 is 1.44 bits per heavy atom. The molecule has 0 aliphatic rings. The van der Waals surface area contributed by atoms with Crippen molar-refractivity contribution >= 4 is 6.29 Å². The van der Waals surface area contributed by atoms with Gasteiger partial charge in [0.05, 0.1) is 5.56 Å². The van der Waals surface area contributed by atoms with Gasteiger partial charge in [-0.15, -0.1) is 0 Å². The van der Waals surface area contributed by atoms with Gasteiger partial charge in [0, 0.05) is 5.56 Å². The molecule has 0 saturated heterocycles. The molecule has 88 valence electrons. The molecule has 1 aromatic carbocycles. The highest BCUT2D eigenvalue weighted by Crippen LogP contribution is 2.36. The third-order valence-corrected chi connectivity index (χ3v) is 2.13. The van der Waals surface area contributed by atoms with E-state index in [1.807, 2.05) is 0 Å². The molecule has 6 heteroatoms. The third kappa shape index (κ3) is 2.33. The van der Waals surface area contributed by atoms with Crippen molar-refractivity contribution < 1.29 is 23.1 Å². The van der Waals surface area contributed by atoms with Crippen molar-refractivity contribution in [3.63, 3.8) is 0 Å². The summed E-state index contributed by atoms with van der Waals surface area (Å²) in [5, 5.41) is 9.44. The molecule has 0 saturated carbocycles. The Hall–Kier alpha value is -1.56. The fourth-order valence-electron chi connectivity index (χ4n) is 1.34. The Morgan fingerprint density at radius 2 is 2.00 bits per heavy atom. The minimum atomic E-state index is -4.66. The number of aromatic hydroxyl groups is 1. The second-order valence-electron chi connectivity index (χ2n) is 3.43. The summed E-state index contributed by atoms with van der Waals surface area (Å²) in [5.41, 5.74) is 4.70. The number of aryl methyl sites for hydroxylation is 1. The van der Waals surface area contributed by atoms with Crippen LogP contribution in [-0.4, -0.2) is 17.6 Å². The van der Waals surface area contributed by atoms with E-state index in [4.69, 9.17) is 5.73 Å². The number of carbonyl (C=O) groups excluding carboxylic acids is 1. The van der Waals surface area contributed by atoms with Crippen LogP contribution >= 0.6 is 0 Å². The van der Waals surface area contributed by atoms with Crippen molar-refractivity contribution in [1.82, 2.24) is 0 Å². The average Bonchev–Trinajstić information content (AvgIpc) is 2.18. The van der Waals surface area contributed by atoms with E-state index in [1.165, 1.54) is 13.0 Å². The quantitative estimate of drug-likeness (QED) is 0.768. The summed E-state index contributed by atoms with van der Waals surface area (Å²) >= 11 is 0. The first kappa shape index (κ1) is 12.5. The molecule has 16 heavy (non-hydrogen) atoms. The topological polar surface area (TPSA) is 63.3 Å². The van der Waals surface area contributed by atoms with Gasteiger partial charge >= 0.3 is 6.18 Å². The number of aldehydes is 1. The molecule has 1 aromatic rings. The Balaban J connectivity index is 3.34. The summed E-state index contributed by atoms with van der Waals surface area (Å²) in [5.74, 6) is -0.717. The summed E-state index contributed by atoms with van der Waals surface area (Å²) < 4.78 is 37.1.